The minimum absolute atomic E-state index is 0.0897. The van der Waals surface area contributed by atoms with E-state index in [-0.39, 0.29) is 16.3 Å². The highest BCUT2D eigenvalue weighted by atomic mass is 35.5. The summed E-state index contributed by atoms with van der Waals surface area (Å²) in [5.74, 6) is 0.521. The number of hydrogen-bond acceptors (Lipinski definition) is 5. The minimum atomic E-state index is 0.0897. The molecule has 1 N–H and O–H groups in total. The molecule has 0 aliphatic carbocycles. The van der Waals surface area contributed by atoms with E-state index in [1.165, 1.54) is 16.7 Å². The van der Waals surface area contributed by atoms with Crippen molar-refractivity contribution in [2.75, 3.05) is 6.61 Å². The van der Waals surface area contributed by atoms with Crippen molar-refractivity contribution in [1.29, 1.82) is 0 Å². The predicted molar refractivity (Wildman–Crippen MR) is 91.1 cm³/mol. The molecule has 0 fully saturated rings. The lowest BCUT2D eigenvalue weighted by Crippen LogP contribution is -2.43. The van der Waals surface area contributed by atoms with Gasteiger partial charge in [0.15, 0.2) is 16.1 Å². The van der Waals surface area contributed by atoms with E-state index in [9.17, 15) is 0 Å². The lowest BCUT2D eigenvalue weighted by Gasteiger charge is -2.25. The van der Waals surface area contributed by atoms with E-state index in [0.29, 0.717) is 18.0 Å². The van der Waals surface area contributed by atoms with Gasteiger partial charge in [-0.05, 0) is 37.5 Å². The van der Waals surface area contributed by atoms with Crippen molar-refractivity contribution in [3.05, 3.63) is 56.8 Å². The topological polar surface area (TPSA) is 59.4 Å². The Morgan fingerprint density at radius 1 is 1.22 bits per heavy atom. The lowest BCUT2D eigenvalue weighted by atomic mass is 9.99. The van der Waals surface area contributed by atoms with Crippen LogP contribution < -0.4 is 5.32 Å². The van der Waals surface area contributed by atoms with E-state index in [1.54, 1.807) is 6.07 Å². The van der Waals surface area contributed by atoms with Gasteiger partial charge in [-0.25, -0.2) is 0 Å². The quantitative estimate of drug-likeness (QED) is 0.922. The number of aryl methyl sites for hydroxylation is 2. The summed E-state index contributed by atoms with van der Waals surface area (Å²) >= 11 is 12.0. The van der Waals surface area contributed by atoms with Crippen molar-refractivity contribution in [3.8, 4) is 0 Å². The number of nitrogens with zero attached hydrogens (tertiary/aromatic N) is 3. The van der Waals surface area contributed by atoms with Crippen LogP contribution >= 0.6 is 23.2 Å². The van der Waals surface area contributed by atoms with Gasteiger partial charge >= 0.3 is 0 Å². The Labute approximate surface area is 144 Å². The fraction of sp³-hybridized carbons (Fsp3) is 0.312. The maximum Gasteiger partial charge on any atom is 0.176 e. The molecule has 0 amide bonds. The second-order valence-corrected chi connectivity index (χ2v) is 6.33. The van der Waals surface area contributed by atoms with Gasteiger partial charge in [-0.2, -0.15) is 0 Å². The van der Waals surface area contributed by atoms with Gasteiger partial charge in [0.25, 0.3) is 0 Å². The molecule has 1 aromatic heterocycles. The third-order valence-electron chi connectivity index (χ3n) is 3.71. The fourth-order valence-electron chi connectivity index (χ4n) is 2.55. The van der Waals surface area contributed by atoms with Crippen molar-refractivity contribution in [1.82, 2.24) is 15.5 Å². The standard InChI is InChI=1S/C16H16Cl2N4O/c1-9-3-4-11(10(2)5-9)6-12-8-23-22-16(19-12)13-7-14(17)20-21-15(13)18/h3-5,7,12H,6,8H2,1-2H3,(H,19,22). The van der Waals surface area contributed by atoms with Gasteiger partial charge in [0.2, 0.25) is 0 Å². The Kier molecular flexibility index (Phi) is 4.68. The molecule has 1 aromatic carbocycles. The molecule has 0 saturated carbocycles. The highest BCUT2D eigenvalue weighted by Crippen LogP contribution is 2.19. The first-order valence-corrected chi connectivity index (χ1v) is 8.00. The van der Waals surface area contributed by atoms with Crippen LogP contribution in [0.25, 0.3) is 0 Å². The third-order valence-corrected chi connectivity index (χ3v) is 4.17. The number of benzene rings is 1. The van der Waals surface area contributed by atoms with Crippen molar-refractivity contribution < 1.29 is 4.84 Å². The average Bonchev–Trinajstić information content (AvgIpc) is 2.53. The van der Waals surface area contributed by atoms with Crippen LogP contribution in [0, 0.1) is 13.8 Å². The predicted octanol–water partition coefficient (Wildman–Crippen LogP) is 3.29. The highest BCUT2D eigenvalue weighted by Gasteiger charge is 2.22. The second kappa shape index (κ2) is 6.72. The zero-order valence-electron chi connectivity index (χ0n) is 12.8. The molecule has 5 nitrogen and oxygen atoms in total. The fourth-order valence-corrected chi connectivity index (χ4v) is 2.88. The molecule has 1 aliphatic rings. The summed E-state index contributed by atoms with van der Waals surface area (Å²) in [6.07, 6.45) is 0.828. The van der Waals surface area contributed by atoms with E-state index >= 15 is 0 Å². The van der Waals surface area contributed by atoms with E-state index in [1.807, 2.05) is 0 Å². The second-order valence-electron chi connectivity index (χ2n) is 5.58. The molecule has 3 rings (SSSR count). The van der Waals surface area contributed by atoms with Crippen molar-refractivity contribution in [2.24, 2.45) is 5.16 Å². The molecule has 1 aliphatic heterocycles. The molecule has 0 radical (unpaired) electrons. The maximum absolute atomic E-state index is 6.07. The zero-order chi connectivity index (χ0) is 16.4. The molecule has 120 valence electrons. The molecule has 2 aromatic rings. The summed E-state index contributed by atoms with van der Waals surface area (Å²) in [4.78, 5) is 5.36. The van der Waals surface area contributed by atoms with Gasteiger partial charge in [0.1, 0.15) is 6.61 Å². The molecule has 0 saturated heterocycles. The van der Waals surface area contributed by atoms with Gasteiger partial charge in [-0.15, -0.1) is 10.2 Å². The van der Waals surface area contributed by atoms with Crippen LogP contribution in [0.3, 0.4) is 0 Å². The normalized spacial score (nSPS) is 17.2. The lowest BCUT2D eigenvalue weighted by molar-refractivity contribution is 0.109. The Morgan fingerprint density at radius 3 is 2.83 bits per heavy atom. The van der Waals surface area contributed by atoms with Crippen LogP contribution in [0.4, 0.5) is 0 Å². The Hall–Kier alpha value is -1.85. The number of amidine groups is 1. The van der Waals surface area contributed by atoms with Crippen LogP contribution in [0.1, 0.15) is 22.3 Å². The number of rotatable bonds is 3. The van der Waals surface area contributed by atoms with Crippen LogP contribution in [0.2, 0.25) is 10.3 Å². The molecule has 1 atom stereocenters. The third kappa shape index (κ3) is 3.74. The first kappa shape index (κ1) is 16.0. The number of aromatic nitrogens is 2. The van der Waals surface area contributed by atoms with Gasteiger partial charge in [-0.3, -0.25) is 0 Å². The molecule has 2 heterocycles. The summed E-state index contributed by atoms with van der Waals surface area (Å²) in [6.45, 7) is 4.69. The zero-order valence-corrected chi connectivity index (χ0v) is 14.3. The Balaban J connectivity index is 1.78. The van der Waals surface area contributed by atoms with Gasteiger partial charge in [-0.1, -0.05) is 52.1 Å². The number of hydrogen-bond donors (Lipinski definition) is 1. The molecule has 0 bridgehead atoms. The first-order chi connectivity index (χ1) is 11.0. The van der Waals surface area contributed by atoms with E-state index in [4.69, 9.17) is 28.0 Å². The SMILES string of the molecule is Cc1ccc(CC2CON=C(c3cc(Cl)nnc3Cl)N2)c(C)c1. The summed E-state index contributed by atoms with van der Waals surface area (Å²) in [5, 5.41) is 15.3. The largest absolute Gasteiger partial charge is 0.392 e. The minimum Gasteiger partial charge on any atom is -0.392 e. The van der Waals surface area contributed by atoms with E-state index < -0.39 is 0 Å². The molecular weight excluding hydrogens is 335 g/mol. The summed E-state index contributed by atoms with van der Waals surface area (Å²) in [5.41, 5.74) is 4.38. The van der Waals surface area contributed by atoms with Gasteiger partial charge in [0, 0.05) is 0 Å². The van der Waals surface area contributed by atoms with E-state index in [0.717, 1.165) is 6.42 Å². The van der Waals surface area contributed by atoms with Crippen LogP contribution in [-0.2, 0) is 11.3 Å². The van der Waals surface area contributed by atoms with Crippen LogP contribution in [0.15, 0.2) is 29.4 Å². The Morgan fingerprint density at radius 2 is 2.04 bits per heavy atom. The monoisotopic (exact) mass is 350 g/mol. The van der Waals surface area contributed by atoms with Crippen molar-refractivity contribution >= 4 is 29.0 Å². The highest BCUT2D eigenvalue weighted by molar-refractivity contribution is 6.34. The number of nitrogens with one attached hydrogen (secondary N) is 1. The summed E-state index contributed by atoms with van der Waals surface area (Å²) in [6, 6.07) is 8.15. The maximum atomic E-state index is 6.07. The molecular formula is C16H16Cl2N4O. The van der Waals surface area contributed by atoms with Gasteiger partial charge < -0.3 is 10.2 Å². The molecule has 23 heavy (non-hydrogen) atoms. The Bertz CT molecular complexity index is 764. The molecule has 0 spiro atoms. The molecule has 1 unspecified atom stereocenters. The first-order valence-electron chi connectivity index (χ1n) is 7.24. The van der Waals surface area contributed by atoms with Crippen LogP contribution in [0.5, 0.6) is 0 Å². The number of oxime groups is 1. The van der Waals surface area contributed by atoms with Crippen LogP contribution in [-0.4, -0.2) is 28.7 Å². The summed E-state index contributed by atoms with van der Waals surface area (Å²) in [7, 11) is 0. The number of halogens is 2. The average molecular weight is 351 g/mol. The van der Waals surface area contributed by atoms with Crippen molar-refractivity contribution in [3.63, 3.8) is 0 Å². The van der Waals surface area contributed by atoms with Crippen molar-refractivity contribution in [2.45, 2.75) is 26.3 Å². The van der Waals surface area contributed by atoms with Gasteiger partial charge in [0.05, 0.1) is 11.6 Å². The molecule has 7 heteroatoms. The summed E-state index contributed by atoms with van der Waals surface area (Å²) < 4.78 is 0. The smallest absolute Gasteiger partial charge is 0.176 e. The van der Waals surface area contributed by atoms with E-state index in [2.05, 4.69) is 52.7 Å².